The van der Waals surface area contributed by atoms with Crippen LogP contribution in [0.15, 0.2) is 48.5 Å². The topological polar surface area (TPSA) is 110 Å². The van der Waals surface area contributed by atoms with Gasteiger partial charge in [0, 0.05) is 6.07 Å². The zero-order valence-electron chi connectivity index (χ0n) is 10.7. The molecular weight excluding hydrogens is 274 g/mol. The predicted molar refractivity (Wildman–Crippen MR) is 73.6 cm³/mol. The van der Waals surface area contributed by atoms with Crippen molar-refractivity contribution in [3.63, 3.8) is 0 Å². The highest BCUT2D eigenvalue weighted by Crippen LogP contribution is 2.33. The fourth-order valence-corrected chi connectivity index (χ4v) is 2.02. The molecule has 7 heteroatoms. The lowest BCUT2D eigenvalue weighted by Crippen LogP contribution is -2.04. The summed E-state index contributed by atoms with van der Waals surface area (Å²) >= 11 is 0. The van der Waals surface area contributed by atoms with Crippen LogP contribution < -0.4 is 0 Å². The average Bonchev–Trinajstić information content (AvgIpc) is 2.49. The van der Waals surface area contributed by atoms with Crippen molar-refractivity contribution in [2.24, 2.45) is 0 Å². The quantitative estimate of drug-likeness (QED) is 0.632. The first-order valence-corrected chi connectivity index (χ1v) is 5.92. The van der Waals surface area contributed by atoms with Gasteiger partial charge in [-0.2, -0.15) is 5.26 Å². The highest BCUT2D eigenvalue weighted by molar-refractivity contribution is 5.55. The van der Waals surface area contributed by atoms with Crippen molar-refractivity contribution >= 4 is 11.4 Å². The number of hydrogen-bond acceptors (Lipinski definition) is 5. The predicted octanol–water partition coefficient (Wildman–Crippen LogP) is 3.16. The average molecular weight is 283 g/mol. The fourth-order valence-electron chi connectivity index (χ4n) is 2.02. The third-order valence-corrected chi connectivity index (χ3v) is 2.99. The lowest BCUT2D eigenvalue weighted by atomic mass is 9.91. The van der Waals surface area contributed by atoms with Gasteiger partial charge >= 0.3 is 0 Å². The minimum absolute atomic E-state index is 0.138. The van der Waals surface area contributed by atoms with E-state index in [2.05, 4.69) is 0 Å². The van der Waals surface area contributed by atoms with Gasteiger partial charge in [-0.05, 0) is 11.6 Å². The van der Waals surface area contributed by atoms with Gasteiger partial charge in [0.1, 0.15) is 5.92 Å². The number of benzene rings is 2. The van der Waals surface area contributed by atoms with E-state index in [0.29, 0.717) is 5.56 Å². The molecule has 1 unspecified atom stereocenters. The Balaban J connectivity index is 2.59. The summed E-state index contributed by atoms with van der Waals surface area (Å²) in [5, 5.41) is 31.1. The lowest BCUT2D eigenvalue weighted by molar-refractivity contribution is -0.394. The smallest absolute Gasteiger partial charge is 0.258 e. The number of non-ortho nitro benzene ring substituents is 1. The van der Waals surface area contributed by atoms with Crippen molar-refractivity contribution in [1.82, 2.24) is 0 Å². The van der Waals surface area contributed by atoms with E-state index in [1.165, 1.54) is 6.07 Å². The van der Waals surface area contributed by atoms with Crippen molar-refractivity contribution in [2.45, 2.75) is 5.92 Å². The normalized spacial score (nSPS) is 11.4. The zero-order chi connectivity index (χ0) is 15.4. The first kappa shape index (κ1) is 14.1. The molecule has 0 aromatic heterocycles. The maximum Gasteiger partial charge on any atom is 0.281 e. The van der Waals surface area contributed by atoms with Crippen molar-refractivity contribution in [3.8, 4) is 6.07 Å². The summed E-state index contributed by atoms with van der Waals surface area (Å²) in [7, 11) is 0. The van der Waals surface area contributed by atoms with Crippen LogP contribution in [0.25, 0.3) is 0 Å². The Morgan fingerprint density at radius 3 is 2.19 bits per heavy atom. The maximum atomic E-state index is 11.1. The van der Waals surface area contributed by atoms with Crippen LogP contribution in [0.2, 0.25) is 0 Å². The molecule has 0 aliphatic carbocycles. The van der Waals surface area contributed by atoms with Gasteiger partial charge in [0.05, 0.1) is 27.5 Å². The largest absolute Gasteiger partial charge is 0.281 e. The molecule has 0 saturated carbocycles. The summed E-state index contributed by atoms with van der Waals surface area (Å²) in [6.07, 6.45) is 0. The van der Waals surface area contributed by atoms with Gasteiger partial charge in [-0.25, -0.2) is 0 Å². The van der Waals surface area contributed by atoms with Gasteiger partial charge in [0.15, 0.2) is 0 Å². The molecule has 1 atom stereocenters. The van der Waals surface area contributed by atoms with E-state index in [1.807, 2.05) is 6.07 Å². The van der Waals surface area contributed by atoms with Gasteiger partial charge in [-0.1, -0.05) is 30.3 Å². The standard InChI is InChI=1S/C14H9N3O4/c15-9-13(10-4-2-1-3-5-10)12-7-6-11(16(18)19)8-14(12)17(20)21/h1-8,13H. The van der Waals surface area contributed by atoms with Crippen LogP contribution in [0.5, 0.6) is 0 Å². The van der Waals surface area contributed by atoms with Crippen LogP contribution in [0, 0.1) is 31.6 Å². The second-order valence-corrected chi connectivity index (χ2v) is 4.23. The van der Waals surface area contributed by atoms with Gasteiger partial charge in [-0.15, -0.1) is 0 Å². The zero-order valence-corrected chi connectivity index (χ0v) is 10.7. The van der Waals surface area contributed by atoms with Gasteiger partial charge in [0.2, 0.25) is 0 Å². The first-order valence-electron chi connectivity index (χ1n) is 5.92. The minimum atomic E-state index is -0.854. The number of nitriles is 1. The first-order chi connectivity index (χ1) is 10.0. The molecule has 7 nitrogen and oxygen atoms in total. The Labute approximate surface area is 119 Å². The van der Waals surface area contributed by atoms with E-state index < -0.39 is 21.5 Å². The third-order valence-electron chi connectivity index (χ3n) is 2.99. The van der Waals surface area contributed by atoms with Crippen LogP contribution in [-0.2, 0) is 0 Å². The third kappa shape index (κ3) is 2.84. The summed E-state index contributed by atoms with van der Waals surface area (Å²) in [5.74, 6) is -0.854. The fraction of sp³-hybridized carbons (Fsp3) is 0.0714. The molecule has 104 valence electrons. The Morgan fingerprint density at radius 2 is 1.67 bits per heavy atom. The highest BCUT2D eigenvalue weighted by atomic mass is 16.6. The van der Waals surface area contributed by atoms with E-state index >= 15 is 0 Å². The molecule has 0 saturated heterocycles. The van der Waals surface area contributed by atoms with Gasteiger partial charge in [-0.3, -0.25) is 20.2 Å². The van der Waals surface area contributed by atoms with E-state index in [9.17, 15) is 25.5 Å². The molecule has 2 rings (SSSR count). The molecule has 2 aromatic rings. The molecule has 0 amide bonds. The van der Waals surface area contributed by atoms with Crippen LogP contribution in [-0.4, -0.2) is 9.85 Å². The SMILES string of the molecule is N#CC(c1ccccc1)c1ccc([N+](=O)[O-])cc1[N+](=O)[O-]. The van der Waals surface area contributed by atoms with Crippen LogP contribution in [0.3, 0.4) is 0 Å². The van der Waals surface area contributed by atoms with Crippen molar-refractivity contribution in [2.75, 3.05) is 0 Å². The van der Waals surface area contributed by atoms with Crippen molar-refractivity contribution < 1.29 is 9.85 Å². The van der Waals surface area contributed by atoms with E-state index in [1.54, 1.807) is 30.3 Å². The Bertz CT molecular complexity index is 738. The molecule has 0 heterocycles. The minimum Gasteiger partial charge on any atom is -0.258 e. The summed E-state index contributed by atoms with van der Waals surface area (Å²) in [4.78, 5) is 20.4. The number of nitro groups is 2. The van der Waals surface area contributed by atoms with Crippen molar-refractivity contribution in [1.29, 1.82) is 5.26 Å². The maximum absolute atomic E-state index is 11.1. The highest BCUT2D eigenvalue weighted by Gasteiger charge is 2.26. The van der Waals surface area contributed by atoms with E-state index in [4.69, 9.17) is 0 Å². The number of rotatable bonds is 4. The molecule has 0 fully saturated rings. The van der Waals surface area contributed by atoms with Gasteiger partial charge < -0.3 is 0 Å². The summed E-state index contributed by atoms with van der Waals surface area (Å²) in [6.45, 7) is 0. The van der Waals surface area contributed by atoms with Gasteiger partial charge in [0.25, 0.3) is 11.4 Å². The molecular formula is C14H9N3O4. The molecule has 0 aliphatic heterocycles. The number of nitro benzene ring substituents is 2. The number of nitrogens with zero attached hydrogens (tertiary/aromatic N) is 3. The lowest BCUT2D eigenvalue weighted by Gasteiger charge is -2.10. The summed E-state index contributed by atoms with van der Waals surface area (Å²) < 4.78 is 0. The monoisotopic (exact) mass is 283 g/mol. The van der Waals surface area contributed by atoms with Crippen LogP contribution >= 0.6 is 0 Å². The molecule has 0 bridgehead atoms. The van der Waals surface area contributed by atoms with Crippen LogP contribution in [0.1, 0.15) is 17.0 Å². The Morgan fingerprint density at radius 1 is 1.00 bits per heavy atom. The van der Waals surface area contributed by atoms with E-state index in [0.717, 1.165) is 12.1 Å². The number of hydrogen-bond donors (Lipinski definition) is 0. The van der Waals surface area contributed by atoms with Crippen molar-refractivity contribution in [3.05, 3.63) is 79.9 Å². The summed E-state index contributed by atoms with van der Waals surface area (Å²) in [5.41, 5.74) is -0.0777. The summed E-state index contributed by atoms with van der Waals surface area (Å²) in [6, 6.07) is 13.9. The molecule has 0 N–H and O–H groups in total. The van der Waals surface area contributed by atoms with Crippen LogP contribution in [0.4, 0.5) is 11.4 Å². The Kier molecular flexibility index (Phi) is 3.90. The Hall–Kier alpha value is -3.27. The second-order valence-electron chi connectivity index (χ2n) is 4.23. The molecule has 2 aromatic carbocycles. The van der Waals surface area contributed by atoms with E-state index in [-0.39, 0.29) is 11.3 Å². The molecule has 0 radical (unpaired) electrons. The molecule has 0 spiro atoms. The molecule has 0 aliphatic rings. The molecule has 21 heavy (non-hydrogen) atoms. The second kappa shape index (κ2) is 5.79.